The molecule has 1 saturated heterocycles. The molecule has 1 aliphatic heterocycles. The molecule has 0 saturated carbocycles. The van der Waals surface area contributed by atoms with E-state index in [9.17, 15) is 4.79 Å². The fraction of sp³-hybridized carbons (Fsp3) is 0.833. The monoisotopic (exact) mass is 165 g/mol. The summed E-state index contributed by atoms with van der Waals surface area (Å²) in [4.78, 5) is 10.6. The van der Waals surface area contributed by atoms with Gasteiger partial charge < -0.3 is 10.5 Å². The van der Waals surface area contributed by atoms with Gasteiger partial charge in [-0.05, 0) is 0 Å². The van der Waals surface area contributed by atoms with E-state index in [1.54, 1.807) is 0 Å². The first-order chi connectivity index (χ1) is 4.04. The van der Waals surface area contributed by atoms with Crippen LogP contribution in [-0.4, -0.2) is 18.6 Å². The number of halogens is 1. The lowest BCUT2D eigenvalue weighted by atomic mass is 9.88. The van der Waals surface area contributed by atoms with E-state index in [1.807, 2.05) is 13.8 Å². The second-order valence-electron chi connectivity index (χ2n) is 3.07. The lowest BCUT2D eigenvalue weighted by Crippen LogP contribution is -2.38. The van der Waals surface area contributed by atoms with E-state index in [1.165, 1.54) is 0 Å². The van der Waals surface area contributed by atoms with Gasteiger partial charge in [0.1, 0.15) is 6.04 Å². The molecule has 1 aliphatic rings. The molecule has 1 fully saturated rings. The molecular formula is C6H12ClNO2. The van der Waals surface area contributed by atoms with Crippen molar-refractivity contribution in [1.82, 2.24) is 0 Å². The molecular weight excluding hydrogens is 154 g/mol. The number of cyclic esters (lactones) is 1. The Bertz CT molecular complexity index is 147. The highest BCUT2D eigenvalue weighted by Gasteiger charge is 2.40. The van der Waals surface area contributed by atoms with Crippen molar-refractivity contribution < 1.29 is 9.53 Å². The molecule has 0 aromatic heterocycles. The smallest absolute Gasteiger partial charge is 0.323 e. The molecule has 1 heterocycles. The Hall–Kier alpha value is -0.280. The number of carbonyl (C=O) groups excluding carboxylic acids is 1. The maximum Gasteiger partial charge on any atom is 0.323 e. The number of nitrogens with two attached hydrogens (primary N) is 1. The number of ether oxygens (including phenoxy) is 1. The van der Waals surface area contributed by atoms with E-state index in [2.05, 4.69) is 0 Å². The highest BCUT2D eigenvalue weighted by molar-refractivity contribution is 5.85. The van der Waals surface area contributed by atoms with Crippen molar-refractivity contribution in [3.05, 3.63) is 0 Å². The molecule has 1 rings (SSSR count). The summed E-state index contributed by atoms with van der Waals surface area (Å²) in [6.45, 7) is 4.29. The van der Waals surface area contributed by atoms with Crippen LogP contribution in [-0.2, 0) is 9.53 Å². The summed E-state index contributed by atoms with van der Waals surface area (Å²) >= 11 is 0. The number of hydrogen-bond donors (Lipinski definition) is 1. The van der Waals surface area contributed by atoms with Crippen LogP contribution in [0, 0.1) is 5.41 Å². The standard InChI is InChI=1S/C6H11NO2.ClH/c1-6(2)3-9-5(8)4(6)7;/h4H,3,7H2,1-2H3;1H/t4-;/m0./s1. The summed E-state index contributed by atoms with van der Waals surface area (Å²) in [7, 11) is 0. The van der Waals surface area contributed by atoms with Gasteiger partial charge in [0.05, 0.1) is 6.61 Å². The Morgan fingerprint density at radius 3 is 2.30 bits per heavy atom. The molecule has 3 nitrogen and oxygen atoms in total. The first-order valence-corrected chi connectivity index (χ1v) is 2.96. The summed E-state index contributed by atoms with van der Waals surface area (Å²) in [6, 6.07) is -0.433. The van der Waals surface area contributed by atoms with Gasteiger partial charge in [-0.1, -0.05) is 13.8 Å². The highest BCUT2D eigenvalue weighted by atomic mass is 35.5. The molecule has 0 amide bonds. The molecule has 1 atom stereocenters. The normalized spacial score (nSPS) is 29.1. The quantitative estimate of drug-likeness (QED) is 0.526. The Kier molecular flexibility index (Phi) is 2.68. The van der Waals surface area contributed by atoms with Crippen molar-refractivity contribution in [2.75, 3.05) is 6.61 Å². The van der Waals surface area contributed by atoms with Crippen LogP contribution in [0.15, 0.2) is 0 Å². The number of carbonyl (C=O) groups is 1. The third kappa shape index (κ3) is 1.41. The summed E-state index contributed by atoms with van der Waals surface area (Å²) in [5, 5.41) is 0. The average Bonchev–Trinajstić information content (AvgIpc) is 1.97. The molecule has 10 heavy (non-hydrogen) atoms. The summed E-state index contributed by atoms with van der Waals surface area (Å²) < 4.78 is 4.72. The molecule has 0 unspecified atom stereocenters. The molecule has 60 valence electrons. The van der Waals surface area contributed by atoms with Crippen molar-refractivity contribution in [2.24, 2.45) is 11.1 Å². The fourth-order valence-electron chi connectivity index (χ4n) is 0.756. The van der Waals surface area contributed by atoms with Gasteiger partial charge in [-0.2, -0.15) is 0 Å². The predicted octanol–water partition coefficient (Wildman–Crippen LogP) is 0.319. The van der Waals surface area contributed by atoms with E-state index >= 15 is 0 Å². The molecule has 0 aromatic rings. The maximum atomic E-state index is 10.6. The summed E-state index contributed by atoms with van der Waals surface area (Å²) in [6.07, 6.45) is 0. The van der Waals surface area contributed by atoms with Gasteiger partial charge in [0.15, 0.2) is 0 Å². The van der Waals surface area contributed by atoms with E-state index < -0.39 is 6.04 Å². The zero-order valence-corrected chi connectivity index (χ0v) is 6.90. The van der Waals surface area contributed by atoms with Crippen molar-refractivity contribution in [3.8, 4) is 0 Å². The number of hydrogen-bond acceptors (Lipinski definition) is 3. The van der Waals surface area contributed by atoms with Gasteiger partial charge in [0, 0.05) is 5.41 Å². The molecule has 0 aromatic carbocycles. The van der Waals surface area contributed by atoms with E-state index in [-0.39, 0.29) is 23.8 Å². The third-order valence-corrected chi connectivity index (χ3v) is 1.68. The van der Waals surface area contributed by atoms with Crippen LogP contribution in [0.1, 0.15) is 13.8 Å². The number of esters is 1. The Balaban J connectivity index is 0.000000810. The first-order valence-electron chi connectivity index (χ1n) is 2.96. The molecule has 0 radical (unpaired) electrons. The predicted molar refractivity (Wildman–Crippen MR) is 40.0 cm³/mol. The van der Waals surface area contributed by atoms with Crippen LogP contribution in [0.3, 0.4) is 0 Å². The second kappa shape index (κ2) is 2.76. The van der Waals surface area contributed by atoms with Crippen LogP contribution in [0.2, 0.25) is 0 Å². The molecule has 0 aliphatic carbocycles. The van der Waals surface area contributed by atoms with Crippen LogP contribution in [0.25, 0.3) is 0 Å². The van der Waals surface area contributed by atoms with Gasteiger partial charge >= 0.3 is 5.97 Å². The Morgan fingerprint density at radius 2 is 2.20 bits per heavy atom. The van der Waals surface area contributed by atoms with E-state index in [0.717, 1.165) is 0 Å². The molecule has 0 bridgehead atoms. The third-order valence-electron chi connectivity index (χ3n) is 1.68. The van der Waals surface area contributed by atoms with E-state index in [4.69, 9.17) is 10.5 Å². The summed E-state index contributed by atoms with van der Waals surface area (Å²) in [5.74, 6) is -0.278. The SMILES string of the molecule is CC1(C)COC(=O)[C@@H]1N.Cl. The topological polar surface area (TPSA) is 52.3 Å². The van der Waals surface area contributed by atoms with Crippen LogP contribution in [0.5, 0.6) is 0 Å². The van der Waals surface area contributed by atoms with Gasteiger partial charge in [0.2, 0.25) is 0 Å². The van der Waals surface area contributed by atoms with Gasteiger partial charge in [0.25, 0.3) is 0 Å². The fourth-order valence-corrected chi connectivity index (χ4v) is 0.756. The zero-order valence-electron chi connectivity index (χ0n) is 6.09. The maximum absolute atomic E-state index is 10.6. The minimum atomic E-state index is -0.433. The highest BCUT2D eigenvalue weighted by Crippen LogP contribution is 2.26. The van der Waals surface area contributed by atoms with Crippen molar-refractivity contribution in [1.29, 1.82) is 0 Å². The van der Waals surface area contributed by atoms with E-state index in [0.29, 0.717) is 6.61 Å². The van der Waals surface area contributed by atoms with Gasteiger partial charge in [-0.15, -0.1) is 12.4 Å². The van der Waals surface area contributed by atoms with Crippen LogP contribution < -0.4 is 5.73 Å². The Labute approximate surface area is 66.3 Å². The molecule has 4 heteroatoms. The van der Waals surface area contributed by atoms with Crippen LogP contribution in [0.4, 0.5) is 0 Å². The minimum Gasteiger partial charge on any atom is -0.464 e. The largest absolute Gasteiger partial charge is 0.464 e. The average molecular weight is 166 g/mol. The first kappa shape index (κ1) is 9.72. The van der Waals surface area contributed by atoms with Crippen molar-refractivity contribution in [3.63, 3.8) is 0 Å². The Morgan fingerprint density at radius 1 is 1.70 bits per heavy atom. The summed E-state index contributed by atoms with van der Waals surface area (Å²) in [5.41, 5.74) is 5.31. The van der Waals surface area contributed by atoms with Crippen molar-refractivity contribution >= 4 is 18.4 Å². The number of rotatable bonds is 0. The lowest BCUT2D eigenvalue weighted by molar-refractivity contribution is -0.139. The molecule has 0 spiro atoms. The lowest BCUT2D eigenvalue weighted by Gasteiger charge is -2.16. The second-order valence-corrected chi connectivity index (χ2v) is 3.07. The van der Waals surface area contributed by atoms with Gasteiger partial charge in [-0.3, -0.25) is 4.79 Å². The minimum absolute atomic E-state index is 0. The van der Waals surface area contributed by atoms with Gasteiger partial charge in [-0.25, -0.2) is 0 Å². The van der Waals surface area contributed by atoms with Crippen molar-refractivity contribution in [2.45, 2.75) is 19.9 Å². The van der Waals surface area contributed by atoms with Crippen LogP contribution >= 0.6 is 12.4 Å². The zero-order chi connectivity index (χ0) is 7.07. The molecule has 2 N–H and O–H groups in total.